The van der Waals surface area contributed by atoms with Crippen molar-refractivity contribution >= 4 is 11.5 Å². The summed E-state index contributed by atoms with van der Waals surface area (Å²) in [6, 6.07) is 9.21. The van der Waals surface area contributed by atoms with Crippen LogP contribution in [0.2, 0.25) is 0 Å². The highest BCUT2D eigenvalue weighted by molar-refractivity contribution is 5.64. The van der Waals surface area contributed by atoms with Gasteiger partial charge in [-0.1, -0.05) is 31.2 Å². The molecule has 1 aromatic carbocycles. The first-order valence-corrected chi connectivity index (χ1v) is 9.17. The van der Waals surface area contributed by atoms with Crippen molar-refractivity contribution in [2.24, 2.45) is 5.92 Å². The Labute approximate surface area is 155 Å². The Kier molecular flexibility index (Phi) is 5.61. The van der Waals surface area contributed by atoms with Crippen molar-refractivity contribution in [3.8, 4) is 6.01 Å². The van der Waals surface area contributed by atoms with Crippen LogP contribution < -0.4 is 15.8 Å². The quantitative estimate of drug-likeness (QED) is 0.858. The van der Waals surface area contributed by atoms with E-state index in [0.717, 1.165) is 12.5 Å². The second-order valence-electron chi connectivity index (χ2n) is 7.29. The molecule has 3 rings (SSSR count). The highest BCUT2D eigenvalue weighted by Crippen LogP contribution is 2.31. The van der Waals surface area contributed by atoms with Crippen LogP contribution in [0.4, 0.5) is 11.5 Å². The molecule has 0 radical (unpaired) electrons. The number of nitrogens with two attached hydrogens (primary N) is 1. The number of likely N-dealkylation sites (N-methyl/N-ethyl adjacent to an activating group) is 1. The number of nitrogen functional groups attached to an aromatic ring is 1. The van der Waals surface area contributed by atoms with Gasteiger partial charge in [-0.05, 0) is 49.9 Å². The van der Waals surface area contributed by atoms with Crippen molar-refractivity contribution in [2.45, 2.75) is 32.7 Å². The van der Waals surface area contributed by atoms with E-state index in [1.165, 1.54) is 24.1 Å². The molecule has 26 heavy (non-hydrogen) atoms. The maximum absolute atomic E-state index is 6.07. The topological polar surface area (TPSA) is 76.3 Å². The number of aromatic nitrogens is 2. The highest BCUT2D eigenvalue weighted by atomic mass is 16.5. The van der Waals surface area contributed by atoms with Crippen LogP contribution in [0, 0.1) is 12.8 Å². The number of anilines is 2. The van der Waals surface area contributed by atoms with E-state index in [-0.39, 0.29) is 0 Å². The SMILES string of the molecule is COc1nc(C)c(N)c(NCc2ccc(C3CN(C)CCC3C)cc2)n1. The van der Waals surface area contributed by atoms with E-state index in [0.29, 0.717) is 35.7 Å². The molecule has 0 aliphatic carbocycles. The molecule has 0 saturated carbocycles. The maximum Gasteiger partial charge on any atom is 0.318 e. The summed E-state index contributed by atoms with van der Waals surface area (Å²) in [7, 11) is 3.76. The number of likely N-dealkylation sites (tertiary alicyclic amines) is 1. The van der Waals surface area contributed by atoms with Gasteiger partial charge in [-0.25, -0.2) is 0 Å². The number of hydrogen-bond donors (Lipinski definition) is 2. The zero-order valence-electron chi connectivity index (χ0n) is 16.1. The van der Waals surface area contributed by atoms with E-state index in [1.807, 2.05) is 6.92 Å². The second kappa shape index (κ2) is 7.91. The Morgan fingerprint density at radius 2 is 2.00 bits per heavy atom. The fourth-order valence-corrected chi connectivity index (χ4v) is 3.52. The fourth-order valence-electron chi connectivity index (χ4n) is 3.52. The maximum atomic E-state index is 6.07. The summed E-state index contributed by atoms with van der Waals surface area (Å²) >= 11 is 0. The van der Waals surface area contributed by atoms with Crippen LogP contribution in [-0.4, -0.2) is 42.1 Å². The van der Waals surface area contributed by atoms with E-state index in [1.54, 1.807) is 7.11 Å². The van der Waals surface area contributed by atoms with Crippen LogP contribution in [0.3, 0.4) is 0 Å². The number of ether oxygens (including phenoxy) is 1. The summed E-state index contributed by atoms with van der Waals surface area (Å²) in [5.74, 6) is 1.95. The first-order chi connectivity index (χ1) is 12.5. The lowest BCUT2D eigenvalue weighted by molar-refractivity contribution is 0.199. The standard InChI is InChI=1S/C20H29N5O/c1-13-9-10-25(3)12-17(13)16-7-5-15(6-8-16)11-22-19-18(21)14(2)23-20(24-19)26-4/h5-8,13,17H,9-12,21H2,1-4H3,(H,22,23,24). The number of rotatable bonds is 5. The average Bonchev–Trinajstić information content (AvgIpc) is 2.65. The zero-order valence-corrected chi connectivity index (χ0v) is 16.1. The number of benzene rings is 1. The van der Waals surface area contributed by atoms with Gasteiger partial charge in [-0.3, -0.25) is 0 Å². The summed E-state index contributed by atoms with van der Waals surface area (Å²) in [4.78, 5) is 10.9. The van der Waals surface area contributed by atoms with Gasteiger partial charge in [-0.2, -0.15) is 9.97 Å². The third kappa shape index (κ3) is 4.07. The van der Waals surface area contributed by atoms with E-state index in [2.05, 4.69) is 58.4 Å². The van der Waals surface area contributed by atoms with Crippen LogP contribution >= 0.6 is 0 Å². The van der Waals surface area contributed by atoms with Gasteiger partial charge in [0.1, 0.15) is 0 Å². The van der Waals surface area contributed by atoms with Crippen molar-refractivity contribution < 1.29 is 4.74 Å². The Bertz CT molecular complexity index is 747. The smallest absolute Gasteiger partial charge is 0.318 e. The molecule has 2 unspecified atom stereocenters. The molecule has 1 aromatic heterocycles. The highest BCUT2D eigenvalue weighted by Gasteiger charge is 2.25. The van der Waals surface area contributed by atoms with Crippen molar-refractivity contribution in [2.75, 3.05) is 38.3 Å². The largest absolute Gasteiger partial charge is 0.467 e. The molecule has 0 bridgehead atoms. The Morgan fingerprint density at radius 1 is 1.27 bits per heavy atom. The molecule has 0 amide bonds. The third-order valence-electron chi connectivity index (χ3n) is 5.33. The molecule has 140 valence electrons. The second-order valence-corrected chi connectivity index (χ2v) is 7.29. The molecule has 1 aliphatic heterocycles. The number of aryl methyl sites for hydroxylation is 1. The number of nitrogens with one attached hydrogen (secondary N) is 1. The number of hydrogen-bond acceptors (Lipinski definition) is 6. The molecule has 2 atom stereocenters. The molecule has 6 heteroatoms. The third-order valence-corrected chi connectivity index (χ3v) is 5.33. The minimum Gasteiger partial charge on any atom is -0.467 e. The van der Waals surface area contributed by atoms with Gasteiger partial charge in [0.15, 0.2) is 5.82 Å². The van der Waals surface area contributed by atoms with Crippen LogP contribution in [0.5, 0.6) is 6.01 Å². The van der Waals surface area contributed by atoms with E-state index >= 15 is 0 Å². The van der Waals surface area contributed by atoms with Gasteiger partial charge >= 0.3 is 6.01 Å². The summed E-state index contributed by atoms with van der Waals surface area (Å²) in [6.07, 6.45) is 1.26. The molecular weight excluding hydrogens is 326 g/mol. The van der Waals surface area contributed by atoms with Gasteiger partial charge < -0.3 is 20.7 Å². The average molecular weight is 355 g/mol. The van der Waals surface area contributed by atoms with Gasteiger partial charge in [0.05, 0.1) is 18.5 Å². The van der Waals surface area contributed by atoms with Gasteiger partial charge in [0.25, 0.3) is 0 Å². The molecule has 2 aromatic rings. The zero-order chi connectivity index (χ0) is 18.7. The Hall–Kier alpha value is -2.34. The fraction of sp³-hybridized carbons (Fsp3) is 0.500. The van der Waals surface area contributed by atoms with Crippen molar-refractivity contribution in [1.29, 1.82) is 0 Å². The van der Waals surface area contributed by atoms with Crippen LogP contribution in [0.1, 0.15) is 36.1 Å². The molecule has 6 nitrogen and oxygen atoms in total. The molecule has 1 aliphatic rings. The summed E-state index contributed by atoms with van der Waals surface area (Å²) in [5.41, 5.74) is 9.96. The Morgan fingerprint density at radius 3 is 2.69 bits per heavy atom. The summed E-state index contributed by atoms with van der Waals surface area (Å²) in [6.45, 7) is 7.20. The van der Waals surface area contributed by atoms with Gasteiger partial charge in [-0.15, -0.1) is 0 Å². The molecule has 2 heterocycles. The minimum absolute atomic E-state index is 0.324. The van der Waals surface area contributed by atoms with Gasteiger partial charge in [0.2, 0.25) is 0 Å². The molecule has 3 N–H and O–H groups in total. The number of piperidine rings is 1. The van der Waals surface area contributed by atoms with Crippen LogP contribution in [-0.2, 0) is 6.54 Å². The molecule has 0 spiro atoms. The predicted molar refractivity (Wildman–Crippen MR) is 106 cm³/mol. The first kappa shape index (κ1) is 18.5. The van der Waals surface area contributed by atoms with Crippen LogP contribution in [0.25, 0.3) is 0 Å². The Balaban J connectivity index is 1.68. The minimum atomic E-state index is 0.324. The van der Waals surface area contributed by atoms with Crippen molar-refractivity contribution in [3.05, 3.63) is 41.1 Å². The lowest BCUT2D eigenvalue weighted by atomic mass is 9.82. The normalized spacial score (nSPS) is 20.8. The van der Waals surface area contributed by atoms with Crippen LogP contribution in [0.15, 0.2) is 24.3 Å². The van der Waals surface area contributed by atoms with E-state index in [4.69, 9.17) is 10.5 Å². The molecular formula is C20H29N5O. The molecule has 1 saturated heterocycles. The lowest BCUT2D eigenvalue weighted by Crippen LogP contribution is -2.35. The van der Waals surface area contributed by atoms with Crippen molar-refractivity contribution in [3.63, 3.8) is 0 Å². The number of nitrogens with zero attached hydrogens (tertiary/aromatic N) is 3. The van der Waals surface area contributed by atoms with E-state index < -0.39 is 0 Å². The lowest BCUT2D eigenvalue weighted by Gasteiger charge is -2.35. The first-order valence-electron chi connectivity index (χ1n) is 9.17. The predicted octanol–water partition coefficient (Wildman–Crippen LogP) is 3.04. The monoisotopic (exact) mass is 355 g/mol. The number of methoxy groups -OCH3 is 1. The molecule has 1 fully saturated rings. The van der Waals surface area contributed by atoms with Gasteiger partial charge in [0, 0.05) is 13.1 Å². The van der Waals surface area contributed by atoms with E-state index in [9.17, 15) is 0 Å². The van der Waals surface area contributed by atoms with Crippen molar-refractivity contribution in [1.82, 2.24) is 14.9 Å². The summed E-state index contributed by atoms with van der Waals surface area (Å²) in [5, 5.41) is 3.30. The summed E-state index contributed by atoms with van der Waals surface area (Å²) < 4.78 is 5.12.